The number of nitrogens with zero attached hydrogens (tertiary/aromatic N) is 1. The van der Waals surface area contributed by atoms with Crippen LogP contribution in [0.2, 0.25) is 0 Å². The van der Waals surface area contributed by atoms with Crippen molar-refractivity contribution in [3.8, 4) is 0 Å². The zero-order chi connectivity index (χ0) is 21.8. The maximum atomic E-state index is 12.1. The minimum atomic E-state index is -0.202. The van der Waals surface area contributed by atoms with Crippen molar-refractivity contribution in [3.05, 3.63) is 0 Å². The van der Waals surface area contributed by atoms with Crippen LogP contribution in [0, 0.1) is 46.3 Å². The molecule has 4 aliphatic carbocycles. The first-order valence-corrected chi connectivity index (χ1v) is 12.6. The third kappa shape index (κ3) is 3.54. The molecule has 0 bridgehead atoms. The highest BCUT2D eigenvalue weighted by atomic mass is 16.3. The molecule has 1 amide bonds. The van der Waals surface area contributed by atoms with Crippen LogP contribution < -0.4 is 0 Å². The van der Waals surface area contributed by atoms with E-state index in [9.17, 15) is 15.0 Å². The molecule has 1 unspecified atom stereocenters. The summed E-state index contributed by atoms with van der Waals surface area (Å²) in [5, 5.41) is 21.6. The second kappa shape index (κ2) is 8.06. The lowest BCUT2D eigenvalue weighted by molar-refractivity contribution is -0.174. The van der Waals surface area contributed by atoms with Gasteiger partial charge in [0, 0.05) is 20.5 Å². The van der Waals surface area contributed by atoms with Gasteiger partial charge in [-0.2, -0.15) is 0 Å². The van der Waals surface area contributed by atoms with Crippen molar-refractivity contribution in [3.63, 3.8) is 0 Å². The molecule has 0 saturated heterocycles. The largest absolute Gasteiger partial charge is 0.393 e. The number of hydrogen-bond acceptors (Lipinski definition) is 3. The third-order valence-electron chi connectivity index (χ3n) is 10.7. The normalized spacial score (nSPS) is 49.0. The second-order valence-corrected chi connectivity index (χ2v) is 12.3. The van der Waals surface area contributed by atoms with Gasteiger partial charge in [-0.05, 0) is 104 Å². The van der Waals surface area contributed by atoms with E-state index in [4.69, 9.17) is 0 Å². The lowest BCUT2D eigenvalue weighted by Crippen LogP contribution is -2.58. The molecule has 4 rings (SSSR count). The molecule has 4 heteroatoms. The molecule has 4 fully saturated rings. The fraction of sp³-hybridized carbons (Fsp3) is 0.962. The van der Waals surface area contributed by atoms with Crippen LogP contribution in [0.4, 0.5) is 0 Å². The van der Waals surface area contributed by atoms with E-state index in [1.807, 2.05) is 14.1 Å². The maximum absolute atomic E-state index is 12.1. The molecular formula is C26H45NO3. The standard InChI is InChI=1S/C26H45NO3/c1-16(6-9-23(30)27(4)5)19-7-8-20-24-21(11-13-26(19,20)3)25(2)12-10-18(28)14-17(25)15-22(24)29/h16-22,24,28-29H,6-15H2,1-5H3/t16-,17?,18+,19-,20+,21+,22+,24+,25+,26-/m0/s1. The SMILES string of the molecule is C[C@@H](CCC(=O)N(C)C)[C@@H]1CC[C@@H]2[C@H]3[C@H](O)CC4C[C@H](O)CC[C@@]4(C)[C@@H]3CC[C@]21C. The lowest BCUT2D eigenvalue weighted by atomic mass is 9.43. The van der Waals surface area contributed by atoms with Crippen molar-refractivity contribution in [1.29, 1.82) is 0 Å². The number of aliphatic hydroxyl groups excluding tert-OH is 2. The zero-order valence-electron chi connectivity index (χ0n) is 19.9. The van der Waals surface area contributed by atoms with Crippen molar-refractivity contribution in [2.75, 3.05) is 14.1 Å². The average Bonchev–Trinajstić information content (AvgIpc) is 3.04. The summed E-state index contributed by atoms with van der Waals surface area (Å²) < 4.78 is 0. The van der Waals surface area contributed by atoms with Gasteiger partial charge in [-0.3, -0.25) is 4.79 Å². The highest BCUT2D eigenvalue weighted by molar-refractivity contribution is 5.75. The molecule has 0 radical (unpaired) electrons. The topological polar surface area (TPSA) is 60.8 Å². The van der Waals surface area contributed by atoms with Gasteiger partial charge in [0.25, 0.3) is 0 Å². The predicted octanol–water partition coefficient (Wildman–Crippen LogP) is 4.48. The van der Waals surface area contributed by atoms with E-state index < -0.39 is 0 Å². The van der Waals surface area contributed by atoms with Crippen molar-refractivity contribution < 1.29 is 15.0 Å². The highest BCUT2D eigenvalue weighted by Crippen LogP contribution is 2.68. The van der Waals surface area contributed by atoms with E-state index in [0.717, 1.165) is 32.1 Å². The van der Waals surface area contributed by atoms with Crippen LogP contribution in [-0.4, -0.2) is 47.3 Å². The van der Waals surface area contributed by atoms with Crippen LogP contribution in [0.3, 0.4) is 0 Å². The molecule has 0 aliphatic heterocycles. The molecule has 4 nitrogen and oxygen atoms in total. The minimum Gasteiger partial charge on any atom is -0.393 e. The fourth-order valence-corrected chi connectivity index (χ4v) is 8.95. The summed E-state index contributed by atoms with van der Waals surface area (Å²) >= 11 is 0. The summed E-state index contributed by atoms with van der Waals surface area (Å²) in [6, 6.07) is 0. The molecule has 0 aromatic carbocycles. The molecule has 172 valence electrons. The molecule has 2 N–H and O–H groups in total. The molecule has 0 aromatic heterocycles. The van der Waals surface area contributed by atoms with Gasteiger partial charge >= 0.3 is 0 Å². The molecule has 0 heterocycles. The first kappa shape index (κ1) is 22.6. The molecular weight excluding hydrogens is 374 g/mol. The van der Waals surface area contributed by atoms with Crippen LogP contribution in [0.15, 0.2) is 0 Å². The Kier molecular flexibility index (Phi) is 6.07. The lowest BCUT2D eigenvalue weighted by Gasteiger charge is -2.62. The molecule has 0 spiro atoms. The van der Waals surface area contributed by atoms with Crippen LogP contribution in [0.1, 0.15) is 85.0 Å². The van der Waals surface area contributed by atoms with Crippen molar-refractivity contribution in [2.24, 2.45) is 46.3 Å². The Bertz CT molecular complexity index is 650. The molecule has 30 heavy (non-hydrogen) atoms. The van der Waals surface area contributed by atoms with Crippen LogP contribution in [-0.2, 0) is 4.79 Å². The van der Waals surface area contributed by atoms with E-state index in [-0.39, 0.29) is 18.1 Å². The first-order valence-electron chi connectivity index (χ1n) is 12.6. The first-order chi connectivity index (χ1) is 14.1. The van der Waals surface area contributed by atoms with Crippen LogP contribution in [0.25, 0.3) is 0 Å². The van der Waals surface area contributed by atoms with Crippen LogP contribution in [0.5, 0.6) is 0 Å². The number of aliphatic hydroxyl groups is 2. The van der Waals surface area contributed by atoms with Gasteiger partial charge < -0.3 is 15.1 Å². The smallest absolute Gasteiger partial charge is 0.222 e. The van der Waals surface area contributed by atoms with Gasteiger partial charge in [-0.1, -0.05) is 20.8 Å². The maximum Gasteiger partial charge on any atom is 0.222 e. The summed E-state index contributed by atoms with van der Waals surface area (Å²) in [6.07, 6.45) is 10.1. The summed E-state index contributed by atoms with van der Waals surface area (Å²) in [7, 11) is 3.70. The summed E-state index contributed by atoms with van der Waals surface area (Å²) in [5.74, 6) is 3.62. The van der Waals surface area contributed by atoms with Gasteiger partial charge in [0.1, 0.15) is 0 Å². The number of rotatable bonds is 4. The van der Waals surface area contributed by atoms with E-state index in [2.05, 4.69) is 20.8 Å². The monoisotopic (exact) mass is 419 g/mol. The van der Waals surface area contributed by atoms with Gasteiger partial charge in [-0.25, -0.2) is 0 Å². The summed E-state index contributed by atoms with van der Waals surface area (Å²) in [5.41, 5.74) is 0.604. The predicted molar refractivity (Wildman–Crippen MR) is 120 cm³/mol. The minimum absolute atomic E-state index is 0.165. The number of amides is 1. The summed E-state index contributed by atoms with van der Waals surface area (Å²) in [4.78, 5) is 13.8. The van der Waals surface area contributed by atoms with Crippen LogP contribution >= 0.6 is 0 Å². The quantitative estimate of drug-likeness (QED) is 0.706. The Morgan fingerprint density at radius 2 is 1.67 bits per heavy atom. The number of fused-ring (bicyclic) bond motifs is 5. The Balaban J connectivity index is 1.51. The Hall–Kier alpha value is -0.610. The summed E-state index contributed by atoms with van der Waals surface area (Å²) in [6.45, 7) is 7.36. The average molecular weight is 420 g/mol. The van der Waals surface area contributed by atoms with Crippen molar-refractivity contribution >= 4 is 5.91 Å². The molecule has 10 atom stereocenters. The van der Waals surface area contributed by atoms with Gasteiger partial charge in [0.05, 0.1) is 12.2 Å². The van der Waals surface area contributed by atoms with E-state index in [1.54, 1.807) is 4.90 Å². The van der Waals surface area contributed by atoms with Gasteiger partial charge in [0.15, 0.2) is 0 Å². The van der Waals surface area contributed by atoms with E-state index in [0.29, 0.717) is 52.8 Å². The Morgan fingerprint density at radius 1 is 1.00 bits per heavy atom. The number of carbonyl (C=O) groups excluding carboxylic acids is 1. The highest BCUT2D eigenvalue weighted by Gasteiger charge is 2.62. The second-order valence-electron chi connectivity index (χ2n) is 12.3. The molecule has 4 saturated carbocycles. The van der Waals surface area contributed by atoms with E-state index >= 15 is 0 Å². The molecule has 4 aliphatic rings. The number of carbonyl (C=O) groups is 1. The van der Waals surface area contributed by atoms with Crippen molar-refractivity contribution in [1.82, 2.24) is 4.90 Å². The van der Waals surface area contributed by atoms with Gasteiger partial charge in [0.2, 0.25) is 5.91 Å². The Morgan fingerprint density at radius 3 is 2.37 bits per heavy atom. The Labute approximate surface area is 183 Å². The van der Waals surface area contributed by atoms with E-state index in [1.165, 1.54) is 25.7 Å². The zero-order valence-corrected chi connectivity index (χ0v) is 19.9. The van der Waals surface area contributed by atoms with Crippen molar-refractivity contribution in [2.45, 2.75) is 97.2 Å². The number of hydrogen-bond donors (Lipinski definition) is 2. The molecule has 0 aromatic rings. The fourth-order valence-electron chi connectivity index (χ4n) is 8.95. The van der Waals surface area contributed by atoms with Gasteiger partial charge in [-0.15, -0.1) is 0 Å². The third-order valence-corrected chi connectivity index (χ3v) is 10.7.